The third-order valence-corrected chi connectivity index (χ3v) is 5.44. The van der Waals surface area contributed by atoms with Gasteiger partial charge in [-0.05, 0) is 6.92 Å². The minimum absolute atomic E-state index is 0.0233. The predicted molar refractivity (Wildman–Crippen MR) is 106 cm³/mol. The number of ether oxygens (including phenoxy) is 1. The quantitative estimate of drug-likeness (QED) is 0.520. The van der Waals surface area contributed by atoms with E-state index in [0.29, 0.717) is 0 Å². The van der Waals surface area contributed by atoms with Gasteiger partial charge in [-0.1, -0.05) is 24.5 Å². The largest absolute Gasteiger partial charge is 0.481 e. The number of carboxylic acid groups (broad SMARTS) is 1. The Balaban J connectivity index is 3.80. The van der Waals surface area contributed by atoms with E-state index >= 15 is 0 Å². The van der Waals surface area contributed by atoms with Crippen molar-refractivity contribution in [1.29, 1.82) is 0 Å². The SMILES string of the molecule is [B]C1=C([B])C([B])([C@H](C(=O)O)[C@H](C)C(=O)OCC)C([B])([B])C([B])([B])C1([B])C. The van der Waals surface area contributed by atoms with Gasteiger partial charge < -0.3 is 9.84 Å². The fourth-order valence-corrected chi connectivity index (χ4v) is 3.36. The topological polar surface area (TPSA) is 63.6 Å². The van der Waals surface area contributed by atoms with Gasteiger partial charge in [0.25, 0.3) is 0 Å². The summed E-state index contributed by atoms with van der Waals surface area (Å²) in [7, 11) is 48.9. The van der Waals surface area contributed by atoms with Crippen molar-refractivity contribution in [1.82, 2.24) is 0 Å². The van der Waals surface area contributed by atoms with Crippen molar-refractivity contribution < 1.29 is 19.4 Å². The standard InChI is InChI=1S/C14H14B8O4/c1-4-26-10(25)5(2)6(9(23)24)12(18)8(16)7(15)11(3,17)13(19,20)14(12,21)22/h5-6H,4H2,1-3H3,(H,23,24)/t5-,6-,11?,12?/m0/s1. The van der Waals surface area contributed by atoms with E-state index in [1.54, 1.807) is 6.92 Å². The molecular weight excluding hydrogens is 319 g/mol. The molecule has 4 atom stereocenters. The molecule has 0 saturated carbocycles. The van der Waals surface area contributed by atoms with Crippen molar-refractivity contribution in [3.8, 4) is 0 Å². The van der Waals surface area contributed by atoms with Crippen LogP contribution in [0.15, 0.2) is 10.9 Å². The normalized spacial score (nSPS) is 32.4. The smallest absolute Gasteiger partial charge is 0.309 e. The first kappa shape index (κ1) is 23.2. The van der Waals surface area contributed by atoms with Gasteiger partial charge >= 0.3 is 11.9 Å². The lowest BCUT2D eigenvalue weighted by Crippen LogP contribution is -2.58. The lowest BCUT2D eigenvalue weighted by Gasteiger charge is -2.70. The maximum absolute atomic E-state index is 12.2. The third-order valence-electron chi connectivity index (χ3n) is 5.44. The second-order valence-corrected chi connectivity index (χ2v) is 6.99. The van der Waals surface area contributed by atoms with E-state index in [2.05, 4.69) is 0 Å². The summed E-state index contributed by atoms with van der Waals surface area (Å²) in [6, 6.07) is 0. The fraction of sp³-hybridized carbons (Fsp3) is 0.714. The Labute approximate surface area is 165 Å². The van der Waals surface area contributed by atoms with Crippen molar-refractivity contribution in [3.05, 3.63) is 10.9 Å². The van der Waals surface area contributed by atoms with Gasteiger partial charge in [0.1, 0.15) is 15.7 Å². The molecule has 0 amide bonds. The van der Waals surface area contributed by atoms with E-state index in [1.807, 2.05) is 0 Å². The Kier molecular flexibility index (Phi) is 6.24. The fourth-order valence-electron chi connectivity index (χ4n) is 3.36. The Hall–Kier alpha value is -0.801. The van der Waals surface area contributed by atoms with Crippen LogP contribution in [0.4, 0.5) is 0 Å². The van der Waals surface area contributed by atoms with Gasteiger partial charge in [0, 0.05) is 0 Å². The monoisotopic (exact) mass is 334 g/mol. The van der Waals surface area contributed by atoms with Crippen molar-refractivity contribution >= 4 is 74.7 Å². The molecule has 26 heavy (non-hydrogen) atoms. The predicted octanol–water partition coefficient (Wildman–Crippen LogP) is -0.971. The van der Waals surface area contributed by atoms with E-state index in [-0.39, 0.29) is 12.1 Å². The molecule has 0 aliphatic heterocycles. The molecule has 2 unspecified atom stereocenters. The highest BCUT2D eigenvalue weighted by Gasteiger charge is 2.62. The van der Waals surface area contributed by atoms with Crippen LogP contribution in [0.3, 0.4) is 0 Å². The first-order chi connectivity index (χ1) is 11.5. The number of rotatable bonds is 5. The summed E-state index contributed by atoms with van der Waals surface area (Å²) in [4.78, 5) is 24.2. The van der Waals surface area contributed by atoms with Gasteiger partial charge in [0.05, 0.1) is 65.5 Å². The number of carbonyl (C=O) groups excluding carboxylic acids is 1. The van der Waals surface area contributed by atoms with Crippen molar-refractivity contribution in [3.63, 3.8) is 0 Å². The average molecular weight is 333 g/mol. The van der Waals surface area contributed by atoms with Gasteiger partial charge in [0.2, 0.25) is 0 Å². The molecule has 0 fully saturated rings. The summed E-state index contributed by atoms with van der Waals surface area (Å²) in [5.74, 6) is -5.40. The lowest BCUT2D eigenvalue weighted by atomic mass is 9.09. The van der Waals surface area contributed by atoms with Crippen LogP contribution in [0.5, 0.6) is 0 Å². The Morgan fingerprint density at radius 3 is 1.88 bits per heavy atom. The van der Waals surface area contributed by atoms with E-state index in [9.17, 15) is 14.7 Å². The highest BCUT2D eigenvalue weighted by molar-refractivity contribution is 6.63. The van der Waals surface area contributed by atoms with Crippen LogP contribution in [-0.4, -0.2) is 86.4 Å². The Bertz CT molecular complexity index is 645. The van der Waals surface area contributed by atoms with Crippen molar-refractivity contribution in [2.75, 3.05) is 6.61 Å². The number of aliphatic carboxylic acids is 1. The zero-order valence-corrected chi connectivity index (χ0v) is 15.2. The van der Waals surface area contributed by atoms with E-state index < -0.39 is 50.3 Å². The molecule has 118 valence electrons. The molecule has 12 heteroatoms. The number of carbonyl (C=O) groups is 2. The van der Waals surface area contributed by atoms with Crippen LogP contribution in [0.25, 0.3) is 0 Å². The molecule has 1 aliphatic rings. The second kappa shape index (κ2) is 6.98. The molecule has 0 heterocycles. The number of hydrogen-bond donors (Lipinski definition) is 1. The molecule has 0 aromatic rings. The van der Waals surface area contributed by atoms with Gasteiger partial charge in [-0.15, -0.1) is 21.4 Å². The molecule has 1 N–H and O–H groups in total. The van der Waals surface area contributed by atoms with E-state index in [1.165, 1.54) is 13.8 Å². The maximum atomic E-state index is 12.2. The highest BCUT2D eigenvalue weighted by atomic mass is 16.5. The third kappa shape index (κ3) is 2.86. The van der Waals surface area contributed by atoms with Gasteiger partial charge in [-0.3, -0.25) is 9.59 Å². The Morgan fingerprint density at radius 1 is 1.04 bits per heavy atom. The van der Waals surface area contributed by atoms with E-state index in [4.69, 9.17) is 67.5 Å². The molecule has 16 radical (unpaired) electrons. The molecule has 0 saturated heterocycles. The van der Waals surface area contributed by atoms with Gasteiger partial charge in [0.15, 0.2) is 0 Å². The summed E-state index contributed by atoms with van der Waals surface area (Å²) in [6.45, 7) is 4.21. The van der Waals surface area contributed by atoms with Crippen molar-refractivity contribution in [2.45, 2.75) is 41.8 Å². The van der Waals surface area contributed by atoms with Crippen molar-refractivity contribution in [2.24, 2.45) is 11.8 Å². The summed E-state index contributed by atoms with van der Waals surface area (Å²) in [5, 5.41) is 1.23. The number of hydrogen-bond acceptors (Lipinski definition) is 3. The number of allylic oxidation sites excluding steroid dienone is 2. The summed E-state index contributed by atoms with van der Waals surface area (Å²) >= 11 is 0. The minimum Gasteiger partial charge on any atom is -0.481 e. The average Bonchev–Trinajstić information content (AvgIpc) is 2.51. The van der Waals surface area contributed by atoms with Crippen LogP contribution in [0, 0.1) is 11.8 Å². The first-order valence-corrected chi connectivity index (χ1v) is 7.92. The summed E-state index contributed by atoms with van der Waals surface area (Å²) in [5.41, 5.74) is -0.665. The molecule has 1 aliphatic carbocycles. The molecule has 1 rings (SSSR count). The van der Waals surface area contributed by atoms with Crippen LogP contribution in [-0.2, 0) is 14.3 Å². The zero-order valence-electron chi connectivity index (χ0n) is 15.2. The second-order valence-electron chi connectivity index (χ2n) is 6.99. The van der Waals surface area contributed by atoms with Crippen LogP contribution < -0.4 is 0 Å². The van der Waals surface area contributed by atoms with Crippen LogP contribution in [0.1, 0.15) is 20.8 Å². The molecule has 0 spiro atoms. The number of esters is 1. The molecule has 4 nitrogen and oxygen atoms in total. The highest BCUT2D eigenvalue weighted by Crippen LogP contribution is 2.76. The van der Waals surface area contributed by atoms with Gasteiger partial charge in [-0.2, -0.15) is 0 Å². The summed E-state index contributed by atoms with van der Waals surface area (Å²) in [6.07, 6.45) is 0. The van der Waals surface area contributed by atoms with E-state index in [0.717, 1.165) is 0 Å². The molecule has 0 aromatic carbocycles. The number of carboxylic acids is 1. The van der Waals surface area contributed by atoms with Crippen LogP contribution >= 0.6 is 0 Å². The van der Waals surface area contributed by atoms with Gasteiger partial charge in [-0.25, -0.2) is 0 Å². The zero-order chi connectivity index (χ0) is 20.9. The minimum atomic E-state index is -2.36. The molecule has 0 bridgehead atoms. The Morgan fingerprint density at radius 2 is 1.50 bits per heavy atom. The molecule has 0 aromatic heterocycles. The molecular formula is C14H14B8O4. The maximum Gasteiger partial charge on any atom is 0.309 e. The first-order valence-electron chi connectivity index (χ1n) is 7.92. The lowest BCUT2D eigenvalue weighted by molar-refractivity contribution is -0.158. The van der Waals surface area contributed by atoms with Crippen LogP contribution in [0.2, 0.25) is 21.1 Å². The summed E-state index contributed by atoms with van der Waals surface area (Å²) < 4.78 is 4.88.